The van der Waals surface area contributed by atoms with Crippen LogP contribution in [0.3, 0.4) is 0 Å². The summed E-state index contributed by atoms with van der Waals surface area (Å²) >= 11 is 0. The van der Waals surface area contributed by atoms with Gasteiger partial charge < -0.3 is 21.1 Å². The van der Waals surface area contributed by atoms with E-state index in [0.717, 1.165) is 21.9 Å². The smallest absolute Gasteiger partial charge is 0.306 e. The zero-order chi connectivity index (χ0) is 35.2. The maximum Gasteiger partial charge on any atom is 0.306 e. The summed E-state index contributed by atoms with van der Waals surface area (Å²) in [6.45, 7) is 6.99. The van der Waals surface area contributed by atoms with Crippen molar-refractivity contribution in [2.45, 2.75) is 72.4 Å². The Bertz CT molecular complexity index is 1590. The van der Waals surface area contributed by atoms with Gasteiger partial charge >= 0.3 is 5.97 Å². The molecule has 0 heterocycles. The van der Waals surface area contributed by atoms with Gasteiger partial charge in [-0.3, -0.25) is 28.8 Å². The lowest BCUT2D eigenvalue weighted by molar-refractivity contribution is -0.149. The summed E-state index contributed by atoms with van der Waals surface area (Å²) in [5.74, 6) is -6.01. The summed E-state index contributed by atoms with van der Waals surface area (Å²) in [5.41, 5.74) is 7.27. The van der Waals surface area contributed by atoms with Gasteiger partial charge in [0.05, 0.1) is 19.0 Å². The Hall–Kier alpha value is -4.86. The van der Waals surface area contributed by atoms with E-state index in [1.54, 1.807) is 6.92 Å². The molecule has 0 aromatic heterocycles. The van der Waals surface area contributed by atoms with Gasteiger partial charge in [-0.1, -0.05) is 107 Å². The Morgan fingerprint density at radius 3 is 2.10 bits per heavy atom. The lowest BCUT2D eigenvalue weighted by Crippen LogP contribution is -2.52. The van der Waals surface area contributed by atoms with Crippen LogP contribution < -0.4 is 16.4 Å². The summed E-state index contributed by atoms with van der Waals surface area (Å²) in [4.78, 5) is 77.3. The predicted octanol–water partition coefficient (Wildman–Crippen LogP) is 4.46. The molecular weight excluding hydrogens is 610 g/mol. The molecule has 0 aliphatic carbocycles. The van der Waals surface area contributed by atoms with E-state index in [1.165, 1.54) is 0 Å². The molecule has 0 aliphatic rings. The third-order valence-electron chi connectivity index (χ3n) is 8.42. The molecule has 0 saturated carbocycles. The second-order valence-corrected chi connectivity index (χ2v) is 12.8. The monoisotopic (exact) mass is 657 g/mol. The first-order chi connectivity index (χ1) is 22.9. The Morgan fingerprint density at radius 2 is 1.46 bits per heavy atom. The van der Waals surface area contributed by atoms with Gasteiger partial charge in [-0.25, -0.2) is 0 Å². The van der Waals surface area contributed by atoms with Crippen molar-refractivity contribution in [3.63, 3.8) is 0 Å². The molecule has 48 heavy (non-hydrogen) atoms. The average molecular weight is 658 g/mol. The number of ether oxygens (including phenoxy) is 1. The fourth-order valence-corrected chi connectivity index (χ4v) is 5.50. The number of esters is 1. The van der Waals surface area contributed by atoms with Crippen molar-refractivity contribution >= 4 is 46.0 Å². The van der Waals surface area contributed by atoms with E-state index in [4.69, 9.17) is 10.5 Å². The second kappa shape index (κ2) is 18.5. The quantitative estimate of drug-likeness (QED) is 0.127. The number of primary amides is 1. The topological polar surface area (TPSA) is 162 Å². The summed E-state index contributed by atoms with van der Waals surface area (Å²) < 4.78 is 5.39. The molecule has 4 atom stereocenters. The highest BCUT2D eigenvalue weighted by Crippen LogP contribution is 2.21. The Morgan fingerprint density at radius 1 is 0.792 bits per heavy atom. The van der Waals surface area contributed by atoms with Crippen molar-refractivity contribution < 1.29 is 33.5 Å². The van der Waals surface area contributed by atoms with Gasteiger partial charge in [-0.2, -0.15) is 0 Å². The Kier molecular flexibility index (Phi) is 14.5. The van der Waals surface area contributed by atoms with Gasteiger partial charge in [0.2, 0.25) is 17.6 Å². The number of nitrogens with one attached hydrogen (secondary N) is 2. The fraction of sp³-hybridized carbons (Fsp3) is 0.421. The molecule has 3 aromatic carbocycles. The number of rotatable bonds is 19. The molecular formula is C38H47N3O7. The minimum absolute atomic E-state index is 0.0696. The van der Waals surface area contributed by atoms with E-state index >= 15 is 0 Å². The maximum atomic E-state index is 13.4. The third kappa shape index (κ3) is 11.7. The predicted molar refractivity (Wildman–Crippen MR) is 183 cm³/mol. The van der Waals surface area contributed by atoms with E-state index in [9.17, 15) is 28.8 Å². The maximum absolute atomic E-state index is 13.4. The number of benzene rings is 3. The largest absolute Gasteiger partial charge is 0.461 e. The van der Waals surface area contributed by atoms with Crippen molar-refractivity contribution in [1.82, 2.24) is 10.6 Å². The molecule has 256 valence electrons. The van der Waals surface area contributed by atoms with Crippen LogP contribution in [0, 0.1) is 23.7 Å². The highest BCUT2D eigenvalue weighted by Gasteiger charge is 2.34. The first kappa shape index (κ1) is 37.6. The molecule has 0 spiro atoms. The van der Waals surface area contributed by atoms with E-state index in [0.29, 0.717) is 12.8 Å². The van der Waals surface area contributed by atoms with Gasteiger partial charge in [-0.15, -0.1) is 0 Å². The van der Waals surface area contributed by atoms with E-state index < -0.39 is 65.6 Å². The number of amides is 3. The molecule has 10 nitrogen and oxygen atoms in total. The van der Waals surface area contributed by atoms with Crippen LogP contribution in [-0.4, -0.2) is 47.8 Å². The summed E-state index contributed by atoms with van der Waals surface area (Å²) in [6.07, 6.45) is 0.706. The molecule has 3 rings (SSSR count). The van der Waals surface area contributed by atoms with Crippen molar-refractivity contribution in [2.24, 2.45) is 29.4 Å². The minimum Gasteiger partial charge on any atom is -0.461 e. The highest BCUT2D eigenvalue weighted by molar-refractivity contribution is 6.38. The molecule has 3 amide bonds. The van der Waals surface area contributed by atoms with Crippen molar-refractivity contribution in [3.8, 4) is 0 Å². The number of Topliss-reactive ketones (excluding diaryl/α,β-unsaturated/α-hetero) is 2. The van der Waals surface area contributed by atoms with Crippen LogP contribution in [0.15, 0.2) is 72.8 Å². The molecule has 1 unspecified atom stereocenters. The van der Waals surface area contributed by atoms with Crippen LogP contribution in [0.5, 0.6) is 0 Å². The zero-order valence-electron chi connectivity index (χ0n) is 28.2. The van der Waals surface area contributed by atoms with E-state index in [-0.39, 0.29) is 31.8 Å². The zero-order valence-corrected chi connectivity index (χ0v) is 28.2. The second-order valence-electron chi connectivity index (χ2n) is 12.8. The van der Waals surface area contributed by atoms with Crippen molar-refractivity contribution in [3.05, 3.63) is 83.9 Å². The molecule has 0 fully saturated rings. The van der Waals surface area contributed by atoms with Crippen LogP contribution in [-0.2, 0) is 46.5 Å². The summed E-state index contributed by atoms with van der Waals surface area (Å²) in [6, 6.07) is 21.6. The first-order valence-corrected chi connectivity index (χ1v) is 16.5. The van der Waals surface area contributed by atoms with Gasteiger partial charge in [0.15, 0.2) is 5.78 Å². The summed E-state index contributed by atoms with van der Waals surface area (Å²) in [7, 11) is 0. The average Bonchev–Trinajstić information content (AvgIpc) is 3.07. The number of carbonyl (C=O) groups excluding carboxylic acids is 6. The Labute approximate surface area is 282 Å². The van der Waals surface area contributed by atoms with Gasteiger partial charge in [0, 0.05) is 18.3 Å². The number of ketones is 2. The minimum atomic E-state index is -1.17. The van der Waals surface area contributed by atoms with Crippen molar-refractivity contribution in [2.75, 3.05) is 6.54 Å². The van der Waals surface area contributed by atoms with Crippen LogP contribution in [0.1, 0.15) is 64.5 Å². The fourth-order valence-electron chi connectivity index (χ4n) is 5.50. The number of hydrogen-bond acceptors (Lipinski definition) is 7. The van der Waals surface area contributed by atoms with Crippen LogP contribution in [0.2, 0.25) is 0 Å². The van der Waals surface area contributed by atoms with E-state index in [1.807, 2.05) is 93.6 Å². The molecule has 0 aliphatic heterocycles. The number of carbonyl (C=O) groups is 6. The number of hydrogen-bond donors (Lipinski definition) is 3. The van der Waals surface area contributed by atoms with Crippen LogP contribution in [0.4, 0.5) is 0 Å². The molecule has 0 bridgehead atoms. The van der Waals surface area contributed by atoms with Gasteiger partial charge in [0.25, 0.3) is 5.91 Å². The standard InChI is InChI=1S/C38H47N3O7/c1-5-25(4)34(41-37(46)31(17-24(2)3)21-33(43)48-23-26-11-7-6-8-12-26)35(44)38(47)40-22-32(42)20-30(36(39)45)19-27-15-16-28-13-9-10-14-29(28)18-27/h6-16,18,24-25,30-31,34H,5,17,19-23H2,1-4H3,(H2,39,45)(H,40,47)(H,41,46)/t25-,30+,31+,34?/m0/s1. The van der Waals surface area contributed by atoms with Crippen LogP contribution in [0.25, 0.3) is 10.8 Å². The first-order valence-electron chi connectivity index (χ1n) is 16.5. The van der Waals surface area contributed by atoms with Crippen molar-refractivity contribution in [1.29, 1.82) is 0 Å². The third-order valence-corrected chi connectivity index (χ3v) is 8.42. The number of nitrogens with two attached hydrogens (primary N) is 1. The normalized spacial score (nSPS) is 13.6. The van der Waals surface area contributed by atoms with E-state index in [2.05, 4.69) is 10.6 Å². The summed E-state index contributed by atoms with van der Waals surface area (Å²) in [5, 5.41) is 7.10. The molecule has 0 radical (unpaired) electrons. The lowest BCUT2D eigenvalue weighted by atomic mass is 9.90. The Balaban J connectivity index is 1.59. The van der Waals surface area contributed by atoms with Crippen LogP contribution >= 0.6 is 0 Å². The molecule has 10 heteroatoms. The lowest BCUT2D eigenvalue weighted by Gasteiger charge is -2.26. The van der Waals surface area contributed by atoms with Gasteiger partial charge in [0.1, 0.15) is 6.61 Å². The van der Waals surface area contributed by atoms with Gasteiger partial charge in [-0.05, 0) is 46.6 Å². The SMILES string of the molecule is CC[C@H](C)C(NC(=O)[C@@H](CC(=O)OCc1ccccc1)CC(C)C)C(=O)C(=O)NCC(=O)C[C@@H](Cc1ccc2ccccc2c1)C(N)=O. The molecule has 3 aromatic rings. The highest BCUT2D eigenvalue weighted by atomic mass is 16.5. The molecule has 0 saturated heterocycles. The molecule has 4 N–H and O–H groups in total. The number of fused-ring (bicyclic) bond motifs is 1.